The number of halogens is 1. The van der Waals surface area contributed by atoms with Crippen molar-refractivity contribution < 1.29 is 8.42 Å². The molecule has 0 aliphatic carbocycles. The van der Waals surface area contributed by atoms with E-state index in [0.717, 1.165) is 32.1 Å². The predicted octanol–water partition coefficient (Wildman–Crippen LogP) is 2.05. The van der Waals surface area contributed by atoms with Crippen molar-refractivity contribution in [3.05, 3.63) is 29.3 Å². The molecule has 1 aromatic carbocycles. The quantitative estimate of drug-likeness (QED) is 0.386. The van der Waals surface area contributed by atoms with Crippen LogP contribution in [0.1, 0.15) is 18.1 Å². The van der Waals surface area contributed by atoms with E-state index in [1.54, 1.807) is 14.0 Å². The Morgan fingerprint density at radius 3 is 2.42 bits per heavy atom. The number of benzene rings is 1. The Bertz CT molecular complexity index is 714. The van der Waals surface area contributed by atoms with Crippen molar-refractivity contribution in [2.45, 2.75) is 20.8 Å². The summed E-state index contributed by atoms with van der Waals surface area (Å²) in [6, 6.07) is 6.44. The number of guanidine groups is 1. The number of rotatable bonds is 5. The molecule has 0 radical (unpaired) electrons. The van der Waals surface area contributed by atoms with Crippen LogP contribution in [0, 0.1) is 13.8 Å². The maximum Gasteiger partial charge on any atom is 0.193 e. The summed E-state index contributed by atoms with van der Waals surface area (Å²) in [5.41, 5.74) is 3.95. The summed E-state index contributed by atoms with van der Waals surface area (Å²) in [6.45, 7) is 9.99. The zero-order valence-corrected chi connectivity index (χ0v) is 19.3. The summed E-state index contributed by atoms with van der Waals surface area (Å²) in [5, 5.41) is 3.18. The van der Waals surface area contributed by atoms with E-state index in [9.17, 15) is 8.42 Å². The van der Waals surface area contributed by atoms with Gasteiger partial charge in [0.2, 0.25) is 0 Å². The Hall–Kier alpha value is -1.03. The first-order chi connectivity index (χ1) is 11.9. The summed E-state index contributed by atoms with van der Waals surface area (Å²) in [7, 11) is -1.21. The number of aryl methyl sites for hydroxylation is 1. The third-order valence-electron chi connectivity index (χ3n) is 4.84. The molecule has 1 N–H and O–H groups in total. The Balaban J connectivity index is 0.00000338. The fourth-order valence-electron chi connectivity index (χ4n) is 3.03. The van der Waals surface area contributed by atoms with Gasteiger partial charge in [0.05, 0.1) is 5.75 Å². The van der Waals surface area contributed by atoms with Crippen LogP contribution in [0.5, 0.6) is 0 Å². The number of sulfone groups is 1. The lowest BCUT2D eigenvalue weighted by Gasteiger charge is -2.38. The van der Waals surface area contributed by atoms with E-state index in [1.165, 1.54) is 16.8 Å². The maximum absolute atomic E-state index is 11.6. The van der Waals surface area contributed by atoms with Gasteiger partial charge in [-0.3, -0.25) is 4.99 Å². The van der Waals surface area contributed by atoms with Gasteiger partial charge in [0.15, 0.2) is 15.8 Å². The number of anilines is 1. The molecule has 1 fully saturated rings. The first-order valence-corrected chi connectivity index (χ1v) is 10.7. The van der Waals surface area contributed by atoms with Crippen LogP contribution in [-0.2, 0) is 9.84 Å². The van der Waals surface area contributed by atoms with Crippen molar-refractivity contribution in [3.8, 4) is 0 Å². The Kier molecular flexibility index (Phi) is 9.15. The second-order valence-electron chi connectivity index (χ2n) is 6.40. The van der Waals surface area contributed by atoms with Crippen LogP contribution in [0.15, 0.2) is 23.2 Å². The summed E-state index contributed by atoms with van der Waals surface area (Å²) in [6.07, 6.45) is 0. The lowest BCUT2D eigenvalue weighted by molar-refractivity contribution is 0.373. The Morgan fingerprint density at radius 1 is 1.19 bits per heavy atom. The molecule has 8 heteroatoms. The molecular formula is C18H31IN4O2S. The monoisotopic (exact) mass is 494 g/mol. The van der Waals surface area contributed by atoms with Crippen molar-refractivity contribution in [3.63, 3.8) is 0 Å². The van der Waals surface area contributed by atoms with E-state index < -0.39 is 9.84 Å². The van der Waals surface area contributed by atoms with Crippen LogP contribution >= 0.6 is 24.0 Å². The molecule has 1 aliphatic heterocycles. The van der Waals surface area contributed by atoms with Crippen molar-refractivity contribution in [2.75, 3.05) is 56.2 Å². The number of nitrogens with zero attached hydrogens (tertiary/aromatic N) is 3. The fraction of sp³-hybridized carbons (Fsp3) is 0.611. The molecule has 26 heavy (non-hydrogen) atoms. The van der Waals surface area contributed by atoms with Gasteiger partial charge in [-0.2, -0.15) is 0 Å². The fourth-order valence-corrected chi connectivity index (χ4v) is 3.73. The number of hydrogen-bond donors (Lipinski definition) is 1. The van der Waals surface area contributed by atoms with Gasteiger partial charge in [0.25, 0.3) is 0 Å². The molecule has 1 saturated heterocycles. The van der Waals surface area contributed by atoms with Gasteiger partial charge < -0.3 is 15.1 Å². The molecular weight excluding hydrogens is 463 g/mol. The highest BCUT2D eigenvalue weighted by Crippen LogP contribution is 2.23. The Labute approximate surface area is 175 Å². The van der Waals surface area contributed by atoms with Gasteiger partial charge in [-0.1, -0.05) is 19.1 Å². The van der Waals surface area contributed by atoms with Crippen LogP contribution in [-0.4, -0.2) is 70.6 Å². The topological polar surface area (TPSA) is 65.0 Å². The number of hydrogen-bond acceptors (Lipinski definition) is 4. The molecule has 6 nitrogen and oxygen atoms in total. The lowest BCUT2D eigenvalue weighted by Crippen LogP contribution is -2.53. The minimum absolute atomic E-state index is 0. The molecule has 0 bridgehead atoms. The first kappa shape index (κ1) is 23.0. The Morgan fingerprint density at radius 2 is 1.85 bits per heavy atom. The van der Waals surface area contributed by atoms with E-state index in [2.05, 4.69) is 52.2 Å². The van der Waals surface area contributed by atoms with Gasteiger partial charge in [-0.15, -0.1) is 24.0 Å². The van der Waals surface area contributed by atoms with Crippen LogP contribution in [0.4, 0.5) is 5.69 Å². The second-order valence-corrected chi connectivity index (χ2v) is 8.88. The molecule has 0 unspecified atom stereocenters. The molecule has 2 rings (SSSR count). The molecule has 0 aromatic heterocycles. The van der Waals surface area contributed by atoms with Gasteiger partial charge in [-0.05, 0) is 31.0 Å². The minimum atomic E-state index is -2.95. The third kappa shape index (κ3) is 6.00. The zero-order chi connectivity index (χ0) is 18.4. The summed E-state index contributed by atoms with van der Waals surface area (Å²) in [5.74, 6) is 1.11. The lowest BCUT2D eigenvalue weighted by atomic mass is 10.1. The molecule has 1 aliphatic rings. The summed E-state index contributed by atoms with van der Waals surface area (Å²) >= 11 is 0. The normalized spacial score (nSPS) is 15.6. The average Bonchev–Trinajstić information content (AvgIpc) is 2.61. The zero-order valence-electron chi connectivity index (χ0n) is 16.2. The van der Waals surface area contributed by atoms with Gasteiger partial charge in [-0.25, -0.2) is 8.42 Å². The third-order valence-corrected chi connectivity index (χ3v) is 6.55. The molecule has 148 valence electrons. The van der Waals surface area contributed by atoms with E-state index in [-0.39, 0.29) is 35.5 Å². The largest absolute Gasteiger partial charge is 0.368 e. The molecule has 0 saturated carbocycles. The predicted molar refractivity (Wildman–Crippen MR) is 121 cm³/mol. The van der Waals surface area contributed by atoms with Crippen LogP contribution in [0.25, 0.3) is 0 Å². The van der Waals surface area contributed by atoms with Crippen LogP contribution < -0.4 is 10.2 Å². The highest BCUT2D eigenvalue weighted by molar-refractivity contribution is 14.0. The van der Waals surface area contributed by atoms with Crippen LogP contribution in [0.2, 0.25) is 0 Å². The molecule has 0 atom stereocenters. The standard InChI is InChI=1S/C18H30N4O2S.HI/c1-5-25(23,24)14-9-20-18(19-4)22-12-10-21(11-13-22)17-8-6-7-15(2)16(17)3;/h6-8H,5,9-14H2,1-4H3,(H,19,20);1H. The van der Waals surface area contributed by atoms with Crippen molar-refractivity contribution in [1.82, 2.24) is 10.2 Å². The maximum atomic E-state index is 11.6. The van der Waals surface area contributed by atoms with E-state index in [1.807, 2.05) is 0 Å². The molecule has 0 amide bonds. The van der Waals surface area contributed by atoms with Gasteiger partial charge >= 0.3 is 0 Å². The minimum Gasteiger partial charge on any atom is -0.368 e. The molecule has 0 spiro atoms. The highest BCUT2D eigenvalue weighted by Gasteiger charge is 2.21. The SMILES string of the molecule is CCS(=O)(=O)CCNC(=NC)N1CCN(c2cccc(C)c2C)CC1.I. The average molecular weight is 494 g/mol. The van der Waals surface area contributed by atoms with Crippen LogP contribution in [0.3, 0.4) is 0 Å². The molecule has 1 aromatic rings. The van der Waals surface area contributed by atoms with Gasteiger partial charge in [0, 0.05) is 51.2 Å². The highest BCUT2D eigenvalue weighted by atomic mass is 127. The smallest absolute Gasteiger partial charge is 0.193 e. The van der Waals surface area contributed by atoms with Crippen molar-refractivity contribution in [2.24, 2.45) is 4.99 Å². The first-order valence-electron chi connectivity index (χ1n) is 8.85. The van der Waals surface area contributed by atoms with Gasteiger partial charge in [0.1, 0.15) is 0 Å². The number of piperazine rings is 1. The summed E-state index contributed by atoms with van der Waals surface area (Å²) < 4.78 is 23.2. The van der Waals surface area contributed by atoms with E-state index >= 15 is 0 Å². The van der Waals surface area contributed by atoms with E-state index in [0.29, 0.717) is 6.54 Å². The number of nitrogens with one attached hydrogen (secondary N) is 1. The second kappa shape index (κ2) is 10.3. The summed E-state index contributed by atoms with van der Waals surface area (Å²) in [4.78, 5) is 8.91. The van der Waals surface area contributed by atoms with Crippen molar-refractivity contribution >= 4 is 45.5 Å². The molecule has 1 heterocycles. The van der Waals surface area contributed by atoms with E-state index in [4.69, 9.17) is 0 Å². The number of aliphatic imine (C=N–C) groups is 1. The van der Waals surface area contributed by atoms with Crippen molar-refractivity contribution in [1.29, 1.82) is 0 Å².